The molecule has 0 aromatic rings. The topological polar surface area (TPSA) is 96.0 Å². The molecule has 0 bridgehead atoms. The summed E-state index contributed by atoms with van der Waals surface area (Å²) in [7, 11) is 0. The van der Waals surface area contributed by atoms with Gasteiger partial charge in [0.25, 0.3) is 0 Å². The molecule has 0 saturated heterocycles. The van der Waals surface area contributed by atoms with Crippen LogP contribution >= 0.6 is 0 Å². The summed E-state index contributed by atoms with van der Waals surface area (Å²) in [5.41, 5.74) is 0. The molecule has 2 aliphatic rings. The van der Waals surface area contributed by atoms with E-state index in [1.807, 2.05) is 0 Å². The summed E-state index contributed by atoms with van der Waals surface area (Å²) in [6, 6.07) is 0. The summed E-state index contributed by atoms with van der Waals surface area (Å²) in [6.45, 7) is 4.09. The molecule has 29 heavy (non-hydrogen) atoms. The van der Waals surface area contributed by atoms with Crippen LogP contribution in [-0.2, 0) is 33.4 Å². The molecule has 0 N–H and O–H groups in total. The van der Waals surface area contributed by atoms with Crippen molar-refractivity contribution >= 4 is 23.5 Å². The van der Waals surface area contributed by atoms with Crippen molar-refractivity contribution in [2.24, 2.45) is 23.7 Å². The zero-order chi connectivity index (χ0) is 21.2. The molecule has 2 rings (SSSR count). The summed E-state index contributed by atoms with van der Waals surface area (Å²) in [4.78, 5) is 46.8. The minimum absolute atomic E-state index is 0.0919. The van der Waals surface area contributed by atoms with Gasteiger partial charge < -0.3 is 14.2 Å². The van der Waals surface area contributed by atoms with Gasteiger partial charge in [0.05, 0.1) is 25.0 Å². The summed E-state index contributed by atoms with van der Waals surface area (Å²) < 4.78 is 15.9. The van der Waals surface area contributed by atoms with Gasteiger partial charge in [-0.2, -0.15) is 0 Å². The second-order valence-corrected chi connectivity index (χ2v) is 8.27. The Balaban J connectivity index is 1.47. The molecular weight excluding hydrogens is 376 g/mol. The van der Waals surface area contributed by atoms with Gasteiger partial charge in [0.15, 0.2) is 0 Å². The first kappa shape index (κ1) is 23.5. The second-order valence-electron chi connectivity index (χ2n) is 8.27. The monoisotopic (exact) mass is 410 g/mol. The standard InChI is InChI=1S/C22H34O7/c1-15(23)17-3-7-19(8-4-17)21(25)28-13-11-27-12-14-29-22(26)20-9-5-18(6-10-20)16(2)24/h17-20H,3-14H2,1-2H3. The van der Waals surface area contributed by atoms with Crippen molar-refractivity contribution < 1.29 is 33.4 Å². The normalized spacial score (nSPS) is 27.1. The number of hydrogen-bond donors (Lipinski definition) is 0. The summed E-state index contributed by atoms with van der Waals surface area (Å²) in [5, 5.41) is 0. The van der Waals surface area contributed by atoms with Gasteiger partial charge in [-0.1, -0.05) is 0 Å². The Hall–Kier alpha value is -1.76. The number of rotatable bonds is 10. The average Bonchev–Trinajstić information content (AvgIpc) is 2.72. The SMILES string of the molecule is CC(=O)C1CCC(C(=O)OCCOCCOC(=O)C2CCC(C(C)=O)CC2)CC1. The largest absolute Gasteiger partial charge is 0.463 e. The van der Waals surface area contributed by atoms with Crippen LogP contribution in [0.4, 0.5) is 0 Å². The van der Waals surface area contributed by atoms with Crippen molar-refractivity contribution in [3.05, 3.63) is 0 Å². The van der Waals surface area contributed by atoms with Crippen molar-refractivity contribution in [1.29, 1.82) is 0 Å². The Morgan fingerprint density at radius 1 is 0.552 bits per heavy atom. The first-order valence-electron chi connectivity index (χ1n) is 10.8. The molecule has 7 nitrogen and oxygen atoms in total. The molecule has 0 heterocycles. The maximum Gasteiger partial charge on any atom is 0.309 e. The highest BCUT2D eigenvalue weighted by molar-refractivity contribution is 5.79. The van der Waals surface area contributed by atoms with Crippen LogP contribution < -0.4 is 0 Å². The van der Waals surface area contributed by atoms with Crippen molar-refractivity contribution in [2.45, 2.75) is 65.2 Å². The molecule has 164 valence electrons. The Labute approximate surface area is 172 Å². The minimum Gasteiger partial charge on any atom is -0.463 e. The molecule has 0 aliphatic heterocycles. The number of carbonyl (C=O) groups is 4. The van der Waals surface area contributed by atoms with Crippen LogP contribution in [0.2, 0.25) is 0 Å². The fraction of sp³-hybridized carbons (Fsp3) is 0.818. The molecule has 0 aromatic carbocycles. The average molecular weight is 411 g/mol. The summed E-state index contributed by atoms with van der Waals surface area (Å²) in [6.07, 6.45) is 5.84. The van der Waals surface area contributed by atoms with Crippen molar-refractivity contribution in [3.63, 3.8) is 0 Å². The predicted molar refractivity (Wildman–Crippen MR) is 105 cm³/mol. The molecular formula is C22H34O7. The third kappa shape index (κ3) is 7.88. The Kier molecular flexibility index (Phi) is 9.78. The fourth-order valence-corrected chi connectivity index (χ4v) is 4.21. The van der Waals surface area contributed by atoms with Crippen molar-refractivity contribution in [1.82, 2.24) is 0 Å². The highest BCUT2D eigenvalue weighted by atomic mass is 16.6. The Morgan fingerprint density at radius 3 is 1.17 bits per heavy atom. The number of esters is 2. The number of Topliss-reactive ketones (excluding diaryl/α,β-unsaturated/α-hetero) is 2. The van der Waals surface area contributed by atoms with Gasteiger partial charge in [-0.3, -0.25) is 19.2 Å². The zero-order valence-corrected chi connectivity index (χ0v) is 17.7. The number of ketones is 2. The van der Waals surface area contributed by atoms with Crippen LogP contribution in [0.5, 0.6) is 0 Å². The van der Waals surface area contributed by atoms with Gasteiger partial charge in [-0.05, 0) is 65.2 Å². The predicted octanol–water partition coefficient (Wildman–Crippen LogP) is 2.88. The van der Waals surface area contributed by atoms with Gasteiger partial charge in [0, 0.05) is 11.8 Å². The first-order chi connectivity index (χ1) is 13.9. The van der Waals surface area contributed by atoms with Gasteiger partial charge in [-0.25, -0.2) is 0 Å². The maximum atomic E-state index is 12.0. The molecule has 2 aliphatic carbocycles. The van der Waals surface area contributed by atoms with Crippen LogP contribution in [-0.4, -0.2) is 49.9 Å². The molecule has 0 spiro atoms. The highest BCUT2D eigenvalue weighted by Crippen LogP contribution is 2.31. The van der Waals surface area contributed by atoms with E-state index in [-0.39, 0.29) is 73.6 Å². The smallest absolute Gasteiger partial charge is 0.309 e. The van der Waals surface area contributed by atoms with Gasteiger partial charge in [0.1, 0.15) is 24.8 Å². The van der Waals surface area contributed by atoms with Gasteiger partial charge in [-0.15, -0.1) is 0 Å². The number of hydrogen-bond acceptors (Lipinski definition) is 7. The summed E-state index contributed by atoms with van der Waals surface area (Å²) >= 11 is 0. The lowest BCUT2D eigenvalue weighted by atomic mass is 9.80. The maximum absolute atomic E-state index is 12.0. The molecule has 0 unspecified atom stereocenters. The quantitative estimate of drug-likeness (QED) is 0.403. The van der Waals surface area contributed by atoms with Crippen molar-refractivity contribution in [3.8, 4) is 0 Å². The van der Waals surface area contributed by atoms with Gasteiger partial charge >= 0.3 is 11.9 Å². The molecule has 7 heteroatoms. The minimum atomic E-state index is -0.219. The van der Waals surface area contributed by atoms with E-state index in [2.05, 4.69) is 0 Å². The molecule has 0 aromatic heterocycles. The highest BCUT2D eigenvalue weighted by Gasteiger charge is 2.30. The van der Waals surface area contributed by atoms with Gasteiger partial charge in [0.2, 0.25) is 0 Å². The van der Waals surface area contributed by atoms with E-state index in [9.17, 15) is 19.2 Å². The van der Waals surface area contributed by atoms with Crippen LogP contribution in [0.15, 0.2) is 0 Å². The lowest BCUT2D eigenvalue weighted by molar-refractivity contribution is -0.153. The number of ether oxygens (including phenoxy) is 3. The third-order valence-corrected chi connectivity index (χ3v) is 6.21. The van der Waals surface area contributed by atoms with Crippen LogP contribution in [0.1, 0.15) is 65.2 Å². The molecule has 2 saturated carbocycles. The van der Waals surface area contributed by atoms with E-state index in [0.29, 0.717) is 25.7 Å². The zero-order valence-electron chi connectivity index (χ0n) is 17.7. The van der Waals surface area contributed by atoms with E-state index in [1.54, 1.807) is 13.8 Å². The first-order valence-corrected chi connectivity index (χ1v) is 10.8. The number of carbonyl (C=O) groups excluding carboxylic acids is 4. The fourth-order valence-electron chi connectivity index (χ4n) is 4.21. The van der Waals surface area contributed by atoms with E-state index in [1.165, 1.54) is 0 Å². The van der Waals surface area contributed by atoms with Crippen LogP contribution in [0, 0.1) is 23.7 Å². The molecule has 2 fully saturated rings. The summed E-state index contributed by atoms with van der Waals surface area (Å²) in [5.74, 6) is -0.0893. The van der Waals surface area contributed by atoms with Crippen LogP contribution in [0.3, 0.4) is 0 Å². The Morgan fingerprint density at radius 2 is 0.862 bits per heavy atom. The van der Waals surface area contributed by atoms with E-state index < -0.39 is 0 Å². The molecule has 0 radical (unpaired) electrons. The lowest BCUT2D eigenvalue weighted by Crippen LogP contribution is -2.27. The second kappa shape index (κ2) is 12.1. The van der Waals surface area contributed by atoms with E-state index in [0.717, 1.165) is 25.7 Å². The van der Waals surface area contributed by atoms with E-state index >= 15 is 0 Å². The van der Waals surface area contributed by atoms with Crippen LogP contribution in [0.25, 0.3) is 0 Å². The molecule has 0 atom stereocenters. The van der Waals surface area contributed by atoms with E-state index in [4.69, 9.17) is 14.2 Å². The Bertz CT molecular complexity index is 520. The molecule has 0 amide bonds. The third-order valence-electron chi connectivity index (χ3n) is 6.21. The lowest BCUT2D eigenvalue weighted by Gasteiger charge is -2.25. The van der Waals surface area contributed by atoms with Crippen molar-refractivity contribution in [2.75, 3.05) is 26.4 Å².